The van der Waals surface area contributed by atoms with Crippen LogP contribution < -0.4 is 0 Å². The van der Waals surface area contributed by atoms with E-state index >= 15 is 0 Å². The maximum Gasteiger partial charge on any atom is 0.223 e. The zero-order valence-corrected chi connectivity index (χ0v) is 12.3. The number of ether oxygens (including phenoxy) is 2. The Morgan fingerprint density at radius 3 is 3.05 bits per heavy atom. The predicted molar refractivity (Wildman–Crippen MR) is 76.4 cm³/mol. The molecular weight excluding hydrogens is 254 g/mol. The molecule has 4 nitrogen and oxygen atoms in total. The van der Waals surface area contributed by atoms with Gasteiger partial charge in [-0.05, 0) is 38.5 Å². The molecule has 20 heavy (non-hydrogen) atoms. The van der Waals surface area contributed by atoms with Crippen molar-refractivity contribution in [3.63, 3.8) is 0 Å². The van der Waals surface area contributed by atoms with Crippen LogP contribution in [0.5, 0.6) is 0 Å². The molecule has 2 aliphatic carbocycles. The first-order chi connectivity index (χ1) is 9.79. The average Bonchev–Trinajstić information content (AvgIpc) is 2.99. The first kappa shape index (κ1) is 14.1. The number of fused-ring (bicyclic) bond motifs is 2. The molecule has 1 heterocycles. The standard InChI is InChI=1S/C16H25NO3/c1-2-19-16-13-7-8-14(16)20-10-9-17(13)15(18)11-12-5-3-4-6-12/h3,5,12-14,16H,2,4,6-11H2,1H3/t12-,13+,14+,16-/m0/s1. The summed E-state index contributed by atoms with van der Waals surface area (Å²) < 4.78 is 11.7. The molecule has 0 radical (unpaired) electrons. The van der Waals surface area contributed by atoms with Gasteiger partial charge in [-0.15, -0.1) is 0 Å². The van der Waals surface area contributed by atoms with Gasteiger partial charge in [-0.25, -0.2) is 0 Å². The van der Waals surface area contributed by atoms with E-state index in [4.69, 9.17) is 9.47 Å². The molecule has 1 amide bonds. The smallest absolute Gasteiger partial charge is 0.223 e. The highest BCUT2D eigenvalue weighted by Crippen LogP contribution is 2.33. The molecule has 0 N–H and O–H groups in total. The van der Waals surface area contributed by atoms with Crippen molar-refractivity contribution in [3.8, 4) is 0 Å². The lowest BCUT2D eigenvalue weighted by Gasteiger charge is -2.31. The topological polar surface area (TPSA) is 38.8 Å². The third kappa shape index (κ3) is 2.77. The summed E-state index contributed by atoms with van der Waals surface area (Å²) in [7, 11) is 0. The molecule has 112 valence electrons. The van der Waals surface area contributed by atoms with E-state index in [1.54, 1.807) is 0 Å². The minimum Gasteiger partial charge on any atom is -0.374 e. The van der Waals surface area contributed by atoms with E-state index < -0.39 is 0 Å². The molecule has 2 fully saturated rings. The molecular formula is C16H25NO3. The summed E-state index contributed by atoms with van der Waals surface area (Å²) in [6.45, 7) is 4.07. The number of hydrogen-bond acceptors (Lipinski definition) is 3. The molecule has 2 bridgehead atoms. The normalized spacial score (nSPS) is 36.4. The average molecular weight is 279 g/mol. The number of nitrogens with zero attached hydrogens (tertiary/aromatic N) is 1. The molecule has 4 atom stereocenters. The molecule has 4 heteroatoms. The highest BCUT2D eigenvalue weighted by molar-refractivity contribution is 5.77. The molecule has 0 aromatic carbocycles. The minimum absolute atomic E-state index is 0.0746. The Morgan fingerprint density at radius 1 is 1.40 bits per heavy atom. The fourth-order valence-corrected chi connectivity index (χ4v) is 3.82. The van der Waals surface area contributed by atoms with Crippen LogP contribution >= 0.6 is 0 Å². The number of amides is 1. The van der Waals surface area contributed by atoms with Crippen molar-refractivity contribution in [1.82, 2.24) is 4.90 Å². The van der Waals surface area contributed by atoms with E-state index in [1.165, 1.54) is 0 Å². The minimum atomic E-state index is 0.0746. The van der Waals surface area contributed by atoms with E-state index in [9.17, 15) is 4.79 Å². The van der Waals surface area contributed by atoms with Crippen molar-refractivity contribution in [1.29, 1.82) is 0 Å². The second kappa shape index (κ2) is 6.27. The van der Waals surface area contributed by atoms with Crippen LogP contribution in [0.15, 0.2) is 12.2 Å². The third-order valence-electron chi connectivity index (χ3n) is 4.79. The second-order valence-electron chi connectivity index (χ2n) is 6.03. The Kier molecular flexibility index (Phi) is 4.41. The summed E-state index contributed by atoms with van der Waals surface area (Å²) in [5.41, 5.74) is 0. The van der Waals surface area contributed by atoms with E-state index in [0.717, 1.165) is 32.2 Å². The van der Waals surface area contributed by atoms with Gasteiger partial charge in [0, 0.05) is 19.6 Å². The van der Waals surface area contributed by atoms with E-state index in [-0.39, 0.29) is 24.2 Å². The van der Waals surface area contributed by atoms with Gasteiger partial charge in [0.2, 0.25) is 5.91 Å². The largest absolute Gasteiger partial charge is 0.374 e. The summed E-state index contributed by atoms with van der Waals surface area (Å²) in [5.74, 6) is 0.719. The highest BCUT2D eigenvalue weighted by atomic mass is 16.5. The maximum atomic E-state index is 12.6. The Balaban J connectivity index is 1.67. The summed E-state index contributed by atoms with van der Waals surface area (Å²) in [4.78, 5) is 14.7. The van der Waals surface area contributed by atoms with E-state index in [1.807, 2.05) is 11.8 Å². The molecule has 3 rings (SSSR count). The second-order valence-corrected chi connectivity index (χ2v) is 6.03. The Bertz CT molecular complexity index is 382. The Labute approximate surface area is 121 Å². The molecule has 0 spiro atoms. The Morgan fingerprint density at radius 2 is 2.30 bits per heavy atom. The summed E-state index contributed by atoms with van der Waals surface area (Å²) in [6, 6.07) is 0.223. The summed E-state index contributed by atoms with van der Waals surface area (Å²) >= 11 is 0. The van der Waals surface area contributed by atoms with Crippen LogP contribution in [0.2, 0.25) is 0 Å². The molecule has 1 saturated carbocycles. The van der Waals surface area contributed by atoms with E-state index in [2.05, 4.69) is 12.2 Å². The SMILES string of the molecule is CCO[C@H]1[C@H]2CC[C@H]1OCCN2C(=O)C[C@H]1C=CCC1. The fraction of sp³-hybridized carbons (Fsp3) is 0.812. The van der Waals surface area contributed by atoms with Crippen molar-refractivity contribution >= 4 is 5.91 Å². The lowest BCUT2D eigenvalue weighted by atomic mass is 10.0. The molecule has 1 aliphatic heterocycles. The van der Waals surface area contributed by atoms with Crippen molar-refractivity contribution in [3.05, 3.63) is 12.2 Å². The van der Waals surface area contributed by atoms with Crippen molar-refractivity contribution in [2.45, 2.75) is 57.3 Å². The van der Waals surface area contributed by atoms with E-state index in [0.29, 0.717) is 25.6 Å². The quantitative estimate of drug-likeness (QED) is 0.740. The van der Waals surface area contributed by atoms with Gasteiger partial charge < -0.3 is 14.4 Å². The van der Waals surface area contributed by atoms with Crippen LogP contribution in [-0.2, 0) is 14.3 Å². The summed E-state index contributed by atoms with van der Waals surface area (Å²) in [5, 5.41) is 0. The maximum absolute atomic E-state index is 12.6. The van der Waals surface area contributed by atoms with Gasteiger partial charge in [-0.2, -0.15) is 0 Å². The van der Waals surface area contributed by atoms with Crippen LogP contribution in [0.25, 0.3) is 0 Å². The third-order valence-corrected chi connectivity index (χ3v) is 4.79. The van der Waals surface area contributed by atoms with Gasteiger partial charge in [0.05, 0.1) is 18.8 Å². The zero-order chi connectivity index (χ0) is 13.9. The first-order valence-electron chi connectivity index (χ1n) is 7.99. The number of hydrogen-bond donors (Lipinski definition) is 0. The van der Waals surface area contributed by atoms with Gasteiger partial charge in [0.1, 0.15) is 6.10 Å². The lowest BCUT2D eigenvalue weighted by molar-refractivity contribution is -0.136. The van der Waals surface area contributed by atoms with Crippen LogP contribution in [0.3, 0.4) is 0 Å². The molecule has 0 aromatic rings. The molecule has 3 aliphatic rings. The number of allylic oxidation sites excluding steroid dienone is 2. The van der Waals surface area contributed by atoms with Gasteiger partial charge in [0.15, 0.2) is 0 Å². The first-order valence-corrected chi connectivity index (χ1v) is 7.99. The molecule has 1 saturated heterocycles. The van der Waals surface area contributed by atoms with Crippen LogP contribution in [-0.4, -0.2) is 48.8 Å². The van der Waals surface area contributed by atoms with Crippen LogP contribution in [0.4, 0.5) is 0 Å². The van der Waals surface area contributed by atoms with Crippen molar-refractivity contribution in [2.24, 2.45) is 5.92 Å². The summed E-state index contributed by atoms with van der Waals surface area (Å²) in [6.07, 6.45) is 9.57. The number of carbonyl (C=O) groups excluding carboxylic acids is 1. The zero-order valence-electron chi connectivity index (χ0n) is 12.3. The molecule has 0 aromatic heterocycles. The lowest BCUT2D eigenvalue weighted by Crippen LogP contribution is -2.46. The van der Waals surface area contributed by atoms with Gasteiger partial charge in [-0.3, -0.25) is 4.79 Å². The van der Waals surface area contributed by atoms with Gasteiger partial charge in [-0.1, -0.05) is 12.2 Å². The number of carbonyl (C=O) groups is 1. The molecule has 0 unspecified atom stereocenters. The van der Waals surface area contributed by atoms with Crippen LogP contribution in [0.1, 0.15) is 39.0 Å². The van der Waals surface area contributed by atoms with Crippen molar-refractivity contribution < 1.29 is 14.3 Å². The number of rotatable bonds is 4. The predicted octanol–water partition coefficient (Wildman–Crippen LogP) is 2.14. The van der Waals surface area contributed by atoms with Crippen molar-refractivity contribution in [2.75, 3.05) is 19.8 Å². The van der Waals surface area contributed by atoms with Gasteiger partial charge >= 0.3 is 0 Å². The highest BCUT2D eigenvalue weighted by Gasteiger charge is 2.44. The fourth-order valence-electron chi connectivity index (χ4n) is 3.82. The Hall–Kier alpha value is -0.870. The van der Waals surface area contributed by atoms with Gasteiger partial charge in [0.25, 0.3) is 0 Å². The van der Waals surface area contributed by atoms with Crippen LogP contribution in [0, 0.1) is 5.92 Å². The monoisotopic (exact) mass is 279 g/mol.